The van der Waals surface area contributed by atoms with Gasteiger partial charge in [-0.05, 0) is 31.2 Å². The lowest BCUT2D eigenvalue weighted by atomic mass is 10.2. The molecule has 0 radical (unpaired) electrons. The minimum absolute atomic E-state index is 0.133. The number of hydrogen-bond acceptors (Lipinski definition) is 7. The predicted octanol–water partition coefficient (Wildman–Crippen LogP) is 4.78. The third kappa shape index (κ3) is 3.36. The van der Waals surface area contributed by atoms with Crippen molar-refractivity contribution in [2.24, 2.45) is 0 Å². The highest BCUT2D eigenvalue weighted by Crippen LogP contribution is 2.35. The minimum Gasteiger partial charge on any atom is -0.419 e. The van der Waals surface area contributed by atoms with E-state index in [4.69, 9.17) is 8.83 Å². The smallest absolute Gasteiger partial charge is 0.277 e. The summed E-state index contributed by atoms with van der Waals surface area (Å²) < 4.78 is 25.1. The molecule has 0 fully saturated rings. The van der Waals surface area contributed by atoms with Crippen molar-refractivity contribution >= 4 is 11.8 Å². The second-order valence-electron chi connectivity index (χ2n) is 5.42. The average molecular weight is 368 g/mol. The van der Waals surface area contributed by atoms with Gasteiger partial charge in [-0.1, -0.05) is 42.1 Å². The molecule has 130 valence electrons. The van der Waals surface area contributed by atoms with Crippen molar-refractivity contribution in [2.45, 2.75) is 17.4 Å². The molecule has 0 saturated carbocycles. The first-order valence-corrected chi connectivity index (χ1v) is 8.72. The summed E-state index contributed by atoms with van der Waals surface area (Å²) in [6, 6.07) is 15.8. The largest absolute Gasteiger partial charge is 0.419 e. The lowest BCUT2D eigenvalue weighted by molar-refractivity contribution is 0.458. The Balaban J connectivity index is 1.50. The van der Waals surface area contributed by atoms with Crippen LogP contribution < -0.4 is 0 Å². The van der Waals surface area contributed by atoms with Crippen LogP contribution in [0.1, 0.15) is 18.1 Å². The molecular weight excluding hydrogens is 355 g/mol. The maximum absolute atomic E-state index is 13.8. The first kappa shape index (κ1) is 16.5. The van der Waals surface area contributed by atoms with Crippen LogP contribution in [0.3, 0.4) is 0 Å². The van der Waals surface area contributed by atoms with E-state index in [1.807, 2.05) is 37.3 Å². The summed E-state index contributed by atoms with van der Waals surface area (Å²) in [6.07, 6.45) is 0. The van der Waals surface area contributed by atoms with Gasteiger partial charge in [0.2, 0.25) is 11.8 Å². The molecule has 26 heavy (non-hydrogen) atoms. The van der Waals surface area contributed by atoms with Crippen LogP contribution in [0, 0.1) is 5.82 Å². The molecule has 0 spiro atoms. The van der Waals surface area contributed by atoms with Gasteiger partial charge < -0.3 is 8.83 Å². The highest BCUT2D eigenvalue weighted by atomic mass is 32.2. The van der Waals surface area contributed by atoms with Gasteiger partial charge in [-0.3, -0.25) is 0 Å². The van der Waals surface area contributed by atoms with Crippen molar-refractivity contribution in [3.05, 3.63) is 66.3 Å². The molecule has 2 aromatic heterocycles. The average Bonchev–Trinajstić information content (AvgIpc) is 3.33. The van der Waals surface area contributed by atoms with Crippen molar-refractivity contribution < 1.29 is 13.2 Å². The maximum Gasteiger partial charge on any atom is 0.277 e. The number of benzene rings is 2. The lowest BCUT2D eigenvalue weighted by Gasteiger charge is -2.01. The van der Waals surface area contributed by atoms with E-state index in [1.54, 1.807) is 18.2 Å². The number of rotatable bonds is 5. The first-order chi connectivity index (χ1) is 12.7. The zero-order chi connectivity index (χ0) is 17.9. The molecule has 0 unspecified atom stereocenters. The zero-order valence-corrected chi connectivity index (χ0v) is 14.5. The molecule has 1 atom stereocenters. The van der Waals surface area contributed by atoms with E-state index in [-0.39, 0.29) is 16.7 Å². The summed E-state index contributed by atoms with van der Waals surface area (Å²) in [6.45, 7) is 1.89. The molecule has 0 bridgehead atoms. The number of hydrogen-bond donors (Lipinski definition) is 0. The molecule has 0 aliphatic rings. The monoisotopic (exact) mass is 368 g/mol. The molecule has 0 aliphatic heterocycles. The Labute approximate surface area is 152 Å². The fraction of sp³-hybridized carbons (Fsp3) is 0.111. The number of nitrogens with zero attached hydrogens (tertiary/aromatic N) is 4. The third-order valence-corrected chi connectivity index (χ3v) is 4.52. The van der Waals surface area contributed by atoms with Crippen LogP contribution in [0.5, 0.6) is 0 Å². The van der Waals surface area contributed by atoms with E-state index in [9.17, 15) is 4.39 Å². The van der Waals surface area contributed by atoms with Gasteiger partial charge in [0.15, 0.2) is 0 Å². The second kappa shape index (κ2) is 7.09. The van der Waals surface area contributed by atoms with Crippen molar-refractivity contribution in [1.29, 1.82) is 0 Å². The topological polar surface area (TPSA) is 77.8 Å². The van der Waals surface area contributed by atoms with Crippen LogP contribution in [-0.2, 0) is 0 Å². The summed E-state index contributed by atoms with van der Waals surface area (Å²) in [5.74, 6) is 0.614. The van der Waals surface area contributed by atoms with E-state index < -0.39 is 5.82 Å². The molecular formula is C18H13FN4O2S. The molecule has 2 heterocycles. The fourth-order valence-electron chi connectivity index (χ4n) is 2.30. The summed E-state index contributed by atoms with van der Waals surface area (Å²) in [5.41, 5.74) is 1.12. The van der Waals surface area contributed by atoms with E-state index in [1.165, 1.54) is 17.8 Å². The van der Waals surface area contributed by atoms with Crippen LogP contribution in [0.25, 0.3) is 22.9 Å². The molecule has 0 N–H and O–H groups in total. The molecule has 6 nitrogen and oxygen atoms in total. The van der Waals surface area contributed by atoms with Crippen LogP contribution in [-0.4, -0.2) is 20.4 Å². The van der Waals surface area contributed by atoms with Gasteiger partial charge in [0.25, 0.3) is 11.1 Å². The Bertz CT molecular complexity index is 1020. The third-order valence-electron chi connectivity index (χ3n) is 3.60. The van der Waals surface area contributed by atoms with Gasteiger partial charge in [-0.25, -0.2) is 4.39 Å². The van der Waals surface area contributed by atoms with Crippen molar-refractivity contribution in [3.63, 3.8) is 0 Å². The highest BCUT2D eigenvalue weighted by molar-refractivity contribution is 7.99. The minimum atomic E-state index is -0.412. The number of aromatic nitrogens is 4. The molecule has 0 saturated heterocycles. The Morgan fingerprint density at radius 1 is 0.846 bits per heavy atom. The summed E-state index contributed by atoms with van der Waals surface area (Å²) in [7, 11) is 0. The van der Waals surface area contributed by atoms with Crippen molar-refractivity contribution in [2.75, 3.05) is 0 Å². The van der Waals surface area contributed by atoms with Gasteiger partial charge in [0.05, 0.1) is 10.8 Å². The Kier molecular flexibility index (Phi) is 4.49. The maximum atomic E-state index is 13.8. The molecule has 0 aliphatic carbocycles. The lowest BCUT2D eigenvalue weighted by Crippen LogP contribution is -1.88. The molecule has 2 aromatic carbocycles. The van der Waals surface area contributed by atoms with Gasteiger partial charge in [-0.15, -0.1) is 20.4 Å². The highest BCUT2D eigenvalue weighted by Gasteiger charge is 2.20. The summed E-state index contributed by atoms with van der Waals surface area (Å²) >= 11 is 1.27. The zero-order valence-electron chi connectivity index (χ0n) is 13.7. The van der Waals surface area contributed by atoms with Crippen LogP contribution >= 0.6 is 11.8 Å². The van der Waals surface area contributed by atoms with Crippen molar-refractivity contribution in [3.8, 4) is 22.9 Å². The Morgan fingerprint density at radius 2 is 1.58 bits per heavy atom. The van der Waals surface area contributed by atoms with E-state index >= 15 is 0 Å². The van der Waals surface area contributed by atoms with E-state index in [0.29, 0.717) is 17.0 Å². The van der Waals surface area contributed by atoms with Crippen LogP contribution in [0.2, 0.25) is 0 Å². The predicted molar refractivity (Wildman–Crippen MR) is 93.7 cm³/mol. The van der Waals surface area contributed by atoms with Gasteiger partial charge >= 0.3 is 0 Å². The van der Waals surface area contributed by atoms with Crippen LogP contribution in [0.15, 0.2) is 68.7 Å². The van der Waals surface area contributed by atoms with Crippen molar-refractivity contribution in [1.82, 2.24) is 20.4 Å². The van der Waals surface area contributed by atoms with Gasteiger partial charge in [0.1, 0.15) is 5.82 Å². The SMILES string of the molecule is C[C@@H](Sc1nnc(-c2ccccc2F)o1)c1nnc(-c2ccccc2)o1. The number of halogens is 1. The normalized spacial score (nSPS) is 12.2. The molecule has 8 heteroatoms. The first-order valence-electron chi connectivity index (χ1n) is 7.84. The fourth-order valence-corrected chi connectivity index (χ4v) is 3.01. The van der Waals surface area contributed by atoms with Gasteiger partial charge in [0, 0.05) is 5.56 Å². The Morgan fingerprint density at radius 3 is 2.38 bits per heavy atom. The summed E-state index contributed by atoms with van der Waals surface area (Å²) in [4.78, 5) is 0. The Hall–Kier alpha value is -3.00. The molecule has 0 amide bonds. The standard InChI is InChI=1S/C18H13FN4O2S/c1-11(15-20-21-16(24-15)12-7-3-2-4-8-12)26-18-23-22-17(25-18)13-9-5-6-10-14(13)19/h2-11H,1H3/t11-/m1/s1. The van der Waals surface area contributed by atoms with E-state index in [0.717, 1.165) is 5.56 Å². The van der Waals surface area contributed by atoms with Crippen LogP contribution in [0.4, 0.5) is 4.39 Å². The van der Waals surface area contributed by atoms with Gasteiger partial charge in [-0.2, -0.15) is 0 Å². The quantitative estimate of drug-likeness (QED) is 0.469. The molecule has 4 aromatic rings. The molecule has 4 rings (SSSR count). The van der Waals surface area contributed by atoms with E-state index in [2.05, 4.69) is 20.4 Å². The summed E-state index contributed by atoms with van der Waals surface area (Å²) in [5, 5.41) is 16.1. The number of thioether (sulfide) groups is 1. The second-order valence-corrected chi connectivity index (χ2v) is 6.72.